The van der Waals surface area contributed by atoms with E-state index in [0.717, 1.165) is 12.1 Å². The highest BCUT2D eigenvalue weighted by molar-refractivity contribution is 6.32. The van der Waals surface area contributed by atoms with Gasteiger partial charge in [-0.2, -0.15) is 0 Å². The van der Waals surface area contributed by atoms with Crippen molar-refractivity contribution in [3.05, 3.63) is 53.1 Å². The van der Waals surface area contributed by atoms with Crippen LogP contribution in [0.3, 0.4) is 0 Å². The fraction of sp³-hybridized carbons (Fsp3) is 0.278. The molecule has 2 aromatic rings. The number of para-hydroxylation sites is 1. The van der Waals surface area contributed by atoms with E-state index in [0.29, 0.717) is 29.0 Å². The number of nitrogens with one attached hydrogen (secondary N) is 1. The summed E-state index contributed by atoms with van der Waals surface area (Å²) in [4.78, 5) is 14.5. The number of hydrogen-bond acceptors (Lipinski definition) is 3. The number of benzene rings is 2. The summed E-state index contributed by atoms with van der Waals surface area (Å²) < 4.78 is 5.11. The van der Waals surface area contributed by atoms with Gasteiger partial charge in [0.25, 0.3) is 0 Å². The molecule has 0 aliphatic carbocycles. The standard InChI is InChI=1S/C18H19ClN2O2/c1-12-9-13-5-3-4-6-16(13)21(12)11-18(22)20-14-7-8-17(23-2)15(19)10-14/h3-8,10,12H,9,11H2,1-2H3,(H,20,22). The van der Waals surface area contributed by atoms with Crippen molar-refractivity contribution in [1.82, 2.24) is 0 Å². The van der Waals surface area contributed by atoms with E-state index in [1.54, 1.807) is 25.3 Å². The quantitative estimate of drug-likeness (QED) is 0.928. The fourth-order valence-electron chi connectivity index (χ4n) is 2.97. The fourth-order valence-corrected chi connectivity index (χ4v) is 3.23. The molecular weight excluding hydrogens is 312 g/mol. The Balaban J connectivity index is 1.69. The van der Waals surface area contributed by atoms with Crippen LogP contribution in [0.15, 0.2) is 42.5 Å². The summed E-state index contributed by atoms with van der Waals surface area (Å²) in [6, 6.07) is 13.8. The monoisotopic (exact) mass is 330 g/mol. The molecule has 120 valence electrons. The number of fused-ring (bicyclic) bond motifs is 1. The first-order chi connectivity index (χ1) is 11.1. The van der Waals surface area contributed by atoms with Crippen LogP contribution in [0.2, 0.25) is 5.02 Å². The first-order valence-corrected chi connectivity index (χ1v) is 7.94. The zero-order chi connectivity index (χ0) is 16.4. The van der Waals surface area contributed by atoms with Crippen LogP contribution in [0.4, 0.5) is 11.4 Å². The number of ether oxygens (including phenoxy) is 1. The Hall–Kier alpha value is -2.20. The highest BCUT2D eigenvalue weighted by Gasteiger charge is 2.26. The van der Waals surface area contributed by atoms with E-state index >= 15 is 0 Å². The molecular formula is C18H19ClN2O2. The van der Waals surface area contributed by atoms with Crippen LogP contribution in [0.25, 0.3) is 0 Å². The number of carbonyl (C=O) groups excluding carboxylic acids is 1. The van der Waals surface area contributed by atoms with Crippen molar-refractivity contribution < 1.29 is 9.53 Å². The molecule has 1 aliphatic rings. The lowest BCUT2D eigenvalue weighted by Crippen LogP contribution is -2.37. The third kappa shape index (κ3) is 3.27. The van der Waals surface area contributed by atoms with Gasteiger partial charge in [0.15, 0.2) is 0 Å². The maximum Gasteiger partial charge on any atom is 0.243 e. The number of rotatable bonds is 4. The van der Waals surface area contributed by atoms with Crippen molar-refractivity contribution in [1.29, 1.82) is 0 Å². The van der Waals surface area contributed by atoms with Gasteiger partial charge in [0.2, 0.25) is 5.91 Å². The van der Waals surface area contributed by atoms with Crippen LogP contribution in [0, 0.1) is 0 Å². The molecule has 0 spiro atoms. The molecule has 0 saturated heterocycles. The SMILES string of the molecule is COc1ccc(NC(=O)CN2c3ccccc3CC2C)cc1Cl. The topological polar surface area (TPSA) is 41.6 Å². The Morgan fingerprint density at radius 2 is 2.13 bits per heavy atom. The van der Waals surface area contributed by atoms with Gasteiger partial charge in [-0.05, 0) is 43.2 Å². The Morgan fingerprint density at radius 1 is 1.35 bits per heavy atom. The summed E-state index contributed by atoms with van der Waals surface area (Å²) in [5.41, 5.74) is 3.10. The van der Waals surface area contributed by atoms with Gasteiger partial charge in [-0.25, -0.2) is 0 Å². The van der Waals surface area contributed by atoms with Gasteiger partial charge in [0.05, 0.1) is 18.7 Å². The van der Waals surface area contributed by atoms with Crippen molar-refractivity contribution in [2.75, 3.05) is 23.9 Å². The van der Waals surface area contributed by atoms with Crippen molar-refractivity contribution in [2.45, 2.75) is 19.4 Å². The Labute approximate surface area is 141 Å². The molecule has 0 fully saturated rings. The molecule has 1 heterocycles. The van der Waals surface area contributed by atoms with Gasteiger partial charge >= 0.3 is 0 Å². The van der Waals surface area contributed by atoms with Crippen molar-refractivity contribution >= 4 is 28.9 Å². The first kappa shape index (κ1) is 15.7. The lowest BCUT2D eigenvalue weighted by atomic mass is 10.1. The molecule has 1 amide bonds. The number of carbonyl (C=O) groups is 1. The summed E-state index contributed by atoms with van der Waals surface area (Å²) in [6.45, 7) is 2.46. The highest BCUT2D eigenvalue weighted by Crippen LogP contribution is 2.31. The zero-order valence-electron chi connectivity index (χ0n) is 13.2. The predicted molar refractivity (Wildman–Crippen MR) is 93.6 cm³/mol. The maximum absolute atomic E-state index is 12.4. The minimum absolute atomic E-state index is 0.0604. The normalized spacial score (nSPS) is 16.1. The van der Waals surface area contributed by atoms with Gasteiger partial charge in [-0.15, -0.1) is 0 Å². The summed E-state index contributed by atoms with van der Waals surface area (Å²) in [7, 11) is 1.56. The lowest BCUT2D eigenvalue weighted by molar-refractivity contribution is -0.115. The van der Waals surface area contributed by atoms with Crippen LogP contribution in [0.5, 0.6) is 5.75 Å². The zero-order valence-corrected chi connectivity index (χ0v) is 13.9. The minimum atomic E-state index is -0.0604. The third-order valence-electron chi connectivity index (χ3n) is 4.10. The van der Waals surface area contributed by atoms with Crippen LogP contribution in [-0.2, 0) is 11.2 Å². The van der Waals surface area contributed by atoms with Gasteiger partial charge in [-0.3, -0.25) is 4.79 Å². The molecule has 2 aromatic carbocycles. The van der Waals surface area contributed by atoms with Gasteiger partial charge in [-0.1, -0.05) is 29.8 Å². The second-order valence-electron chi connectivity index (χ2n) is 5.71. The van der Waals surface area contributed by atoms with E-state index in [2.05, 4.69) is 29.3 Å². The second-order valence-corrected chi connectivity index (χ2v) is 6.11. The number of amides is 1. The first-order valence-electron chi connectivity index (χ1n) is 7.56. The molecule has 0 saturated carbocycles. The molecule has 0 bridgehead atoms. The number of halogens is 1. The Morgan fingerprint density at radius 3 is 2.87 bits per heavy atom. The van der Waals surface area contributed by atoms with E-state index in [9.17, 15) is 4.79 Å². The number of methoxy groups -OCH3 is 1. The molecule has 0 aromatic heterocycles. The molecule has 23 heavy (non-hydrogen) atoms. The molecule has 4 nitrogen and oxygen atoms in total. The van der Waals surface area contributed by atoms with Crippen LogP contribution in [0.1, 0.15) is 12.5 Å². The van der Waals surface area contributed by atoms with Gasteiger partial charge < -0.3 is 15.0 Å². The number of anilines is 2. The van der Waals surface area contributed by atoms with Crippen molar-refractivity contribution in [3.63, 3.8) is 0 Å². The van der Waals surface area contributed by atoms with E-state index in [4.69, 9.17) is 16.3 Å². The van der Waals surface area contributed by atoms with Crippen LogP contribution in [-0.4, -0.2) is 25.6 Å². The second kappa shape index (κ2) is 6.50. The van der Waals surface area contributed by atoms with Gasteiger partial charge in [0, 0.05) is 17.4 Å². The molecule has 5 heteroatoms. The molecule has 1 unspecified atom stereocenters. The lowest BCUT2D eigenvalue weighted by Gasteiger charge is -2.24. The van der Waals surface area contributed by atoms with E-state index in [1.165, 1.54) is 5.56 Å². The summed E-state index contributed by atoms with van der Waals surface area (Å²) >= 11 is 6.09. The van der Waals surface area contributed by atoms with Crippen LogP contribution >= 0.6 is 11.6 Å². The third-order valence-corrected chi connectivity index (χ3v) is 4.39. The maximum atomic E-state index is 12.4. The summed E-state index contributed by atoms with van der Waals surface area (Å²) in [5.74, 6) is 0.529. The minimum Gasteiger partial charge on any atom is -0.495 e. The molecule has 1 atom stereocenters. The van der Waals surface area contributed by atoms with Crippen molar-refractivity contribution in [3.8, 4) is 5.75 Å². The van der Waals surface area contributed by atoms with Gasteiger partial charge in [0.1, 0.15) is 5.75 Å². The van der Waals surface area contributed by atoms with Crippen molar-refractivity contribution in [2.24, 2.45) is 0 Å². The molecule has 1 N–H and O–H groups in total. The van der Waals surface area contributed by atoms with E-state index in [-0.39, 0.29) is 5.91 Å². The van der Waals surface area contributed by atoms with E-state index in [1.807, 2.05) is 12.1 Å². The number of hydrogen-bond donors (Lipinski definition) is 1. The Kier molecular flexibility index (Phi) is 4.44. The largest absolute Gasteiger partial charge is 0.495 e. The number of nitrogens with zero attached hydrogens (tertiary/aromatic N) is 1. The predicted octanol–water partition coefficient (Wildman–Crippen LogP) is 3.74. The highest BCUT2D eigenvalue weighted by atomic mass is 35.5. The average Bonchev–Trinajstić information content (AvgIpc) is 2.83. The molecule has 3 rings (SSSR count). The van der Waals surface area contributed by atoms with E-state index < -0.39 is 0 Å². The van der Waals surface area contributed by atoms with Crippen LogP contribution < -0.4 is 15.0 Å². The average molecular weight is 331 g/mol. The molecule has 0 radical (unpaired) electrons. The molecule has 1 aliphatic heterocycles. The smallest absolute Gasteiger partial charge is 0.243 e. The Bertz CT molecular complexity index is 733. The summed E-state index contributed by atoms with van der Waals surface area (Å²) in [5, 5.41) is 3.37. The summed E-state index contributed by atoms with van der Waals surface area (Å²) in [6.07, 6.45) is 0.970.